The summed E-state index contributed by atoms with van der Waals surface area (Å²) in [5.74, 6) is -0.512. The lowest BCUT2D eigenvalue weighted by Gasteiger charge is -2.11. The molecule has 102 valence electrons. The number of nitrogens with one attached hydrogen (secondary N) is 1. The van der Waals surface area contributed by atoms with Gasteiger partial charge in [0.15, 0.2) is 0 Å². The van der Waals surface area contributed by atoms with Crippen LogP contribution in [0.5, 0.6) is 0 Å². The van der Waals surface area contributed by atoms with E-state index in [0.29, 0.717) is 29.4 Å². The van der Waals surface area contributed by atoms with Gasteiger partial charge in [0.2, 0.25) is 10.0 Å². The zero-order valence-corrected chi connectivity index (χ0v) is 12.4. The molecule has 0 saturated carbocycles. The quantitative estimate of drug-likeness (QED) is 0.782. The molecule has 0 atom stereocenters. The number of aryl methyl sites for hydroxylation is 1. The Hall–Kier alpha value is -0.660. The summed E-state index contributed by atoms with van der Waals surface area (Å²) >= 11 is 3.04. The monoisotopic (exact) mass is 338 g/mol. The molecule has 0 bridgehead atoms. The highest BCUT2D eigenvalue weighted by molar-refractivity contribution is 9.10. The largest absolute Gasteiger partial charge is 0.330 e. The Bertz CT molecular complexity index is 520. The van der Waals surface area contributed by atoms with E-state index in [4.69, 9.17) is 5.73 Å². The average molecular weight is 339 g/mol. The molecule has 3 N–H and O–H groups in total. The lowest BCUT2D eigenvalue weighted by Crippen LogP contribution is -2.18. The van der Waals surface area contributed by atoms with Gasteiger partial charge in [-0.05, 0) is 59.9 Å². The van der Waals surface area contributed by atoms with E-state index < -0.39 is 15.8 Å². The topological polar surface area (TPSA) is 72.2 Å². The van der Waals surface area contributed by atoms with Gasteiger partial charge in [0.05, 0.1) is 15.9 Å². The number of nitrogens with two attached hydrogens (primary N) is 1. The molecule has 7 heteroatoms. The predicted molar refractivity (Wildman–Crippen MR) is 74.5 cm³/mol. The average Bonchev–Trinajstić information content (AvgIpc) is 2.26. The summed E-state index contributed by atoms with van der Waals surface area (Å²) in [5.41, 5.74) is 6.23. The zero-order chi connectivity index (χ0) is 13.8. The zero-order valence-electron chi connectivity index (χ0n) is 10.0. The van der Waals surface area contributed by atoms with Crippen molar-refractivity contribution in [3.8, 4) is 0 Å². The molecule has 0 radical (unpaired) electrons. The molecule has 0 aromatic heterocycles. The Morgan fingerprint density at radius 1 is 1.39 bits per heavy atom. The van der Waals surface area contributed by atoms with Gasteiger partial charge >= 0.3 is 0 Å². The summed E-state index contributed by atoms with van der Waals surface area (Å²) in [5, 5.41) is 0. The van der Waals surface area contributed by atoms with Crippen LogP contribution >= 0.6 is 15.9 Å². The molecule has 1 rings (SSSR count). The molecular formula is C11H16BrFN2O2S. The minimum Gasteiger partial charge on any atom is -0.330 e. The van der Waals surface area contributed by atoms with E-state index in [1.807, 2.05) is 0 Å². The van der Waals surface area contributed by atoms with Crippen molar-refractivity contribution in [1.82, 2.24) is 0 Å². The van der Waals surface area contributed by atoms with E-state index in [1.54, 1.807) is 6.92 Å². The van der Waals surface area contributed by atoms with Gasteiger partial charge in [-0.2, -0.15) is 0 Å². The van der Waals surface area contributed by atoms with E-state index in [1.165, 1.54) is 12.1 Å². The van der Waals surface area contributed by atoms with Crippen molar-refractivity contribution >= 4 is 31.6 Å². The summed E-state index contributed by atoms with van der Waals surface area (Å²) in [4.78, 5) is 0. The van der Waals surface area contributed by atoms with Crippen molar-refractivity contribution in [2.24, 2.45) is 5.73 Å². The van der Waals surface area contributed by atoms with Gasteiger partial charge in [-0.25, -0.2) is 12.8 Å². The van der Waals surface area contributed by atoms with Crippen molar-refractivity contribution in [1.29, 1.82) is 0 Å². The van der Waals surface area contributed by atoms with Gasteiger partial charge in [-0.15, -0.1) is 0 Å². The Balaban J connectivity index is 2.81. The van der Waals surface area contributed by atoms with E-state index in [-0.39, 0.29) is 11.4 Å². The number of halogens is 2. The van der Waals surface area contributed by atoms with Crippen LogP contribution in [0.3, 0.4) is 0 Å². The first-order chi connectivity index (χ1) is 8.35. The predicted octanol–water partition coefficient (Wildman–Crippen LogP) is 2.38. The third-order valence-corrected chi connectivity index (χ3v) is 4.36. The molecule has 0 aliphatic carbocycles. The SMILES string of the molecule is Cc1cc(Br)c(F)cc1NS(=O)(=O)CCCCN. The molecule has 0 aliphatic rings. The van der Waals surface area contributed by atoms with Gasteiger partial charge < -0.3 is 5.73 Å². The van der Waals surface area contributed by atoms with Crippen LogP contribution in [0.4, 0.5) is 10.1 Å². The van der Waals surface area contributed by atoms with Crippen LogP contribution in [0.15, 0.2) is 16.6 Å². The normalized spacial score (nSPS) is 11.6. The van der Waals surface area contributed by atoms with Crippen molar-refractivity contribution in [2.75, 3.05) is 17.0 Å². The van der Waals surface area contributed by atoms with Crippen LogP contribution in [0.1, 0.15) is 18.4 Å². The smallest absolute Gasteiger partial charge is 0.232 e. The number of hydrogen-bond acceptors (Lipinski definition) is 3. The van der Waals surface area contributed by atoms with E-state index in [9.17, 15) is 12.8 Å². The lowest BCUT2D eigenvalue weighted by atomic mass is 10.2. The first kappa shape index (κ1) is 15.4. The summed E-state index contributed by atoms with van der Waals surface area (Å²) in [7, 11) is -3.45. The van der Waals surface area contributed by atoms with E-state index in [0.717, 1.165) is 0 Å². The number of rotatable bonds is 6. The molecule has 4 nitrogen and oxygen atoms in total. The Morgan fingerprint density at radius 2 is 2.06 bits per heavy atom. The first-order valence-corrected chi connectivity index (χ1v) is 7.96. The number of sulfonamides is 1. The highest BCUT2D eigenvalue weighted by atomic mass is 79.9. The van der Waals surface area contributed by atoms with Crippen LogP contribution in [-0.2, 0) is 10.0 Å². The molecule has 0 unspecified atom stereocenters. The summed E-state index contributed by atoms with van der Waals surface area (Å²) < 4.78 is 39.5. The van der Waals surface area contributed by atoms with Crippen molar-refractivity contribution in [3.63, 3.8) is 0 Å². The van der Waals surface area contributed by atoms with Crippen LogP contribution in [-0.4, -0.2) is 20.7 Å². The number of hydrogen-bond donors (Lipinski definition) is 2. The highest BCUT2D eigenvalue weighted by Crippen LogP contribution is 2.24. The maximum Gasteiger partial charge on any atom is 0.232 e. The maximum atomic E-state index is 13.3. The molecule has 1 aromatic rings. The molecule has 18 heavy (non-hydrogen) atoms. The summed E-state index contributed by atoms with van der Waals surface area (Å²) in [6, 6.07) is 2.70. The molecule has 0 fully saturated rings. The van der Waals surface area contributed by atoms with E-state index >= 15 is 0 Å². The van der Waals surface area contributed by atoms with Crippen LogP contribution < -0.4 is 10.5 Å². The fraction of sp³-hybridized carbons (Fsp3) is 0.455. The Labute approximate surface area is 115 Å². The number of anilines is 1. The summed E-state index contributed by atoms with van der Waals surface area (Å²) in [6.45, 7) is 2.17. The molecule has 0 amide bonds. The minimum atomic E-state index is -3.45. The standard InChI is InChI=1S/C11H16BrFN2O2S/c1-8-6-9(12)10(13)7-11(8)15-18(16,17)5-3-2-4-14/h6-7,15H,2-5,14H2,1H3. The Morgan fingerprint density at radius 3 is 2.67 bits per heavy atom. The molecule has 0 spiro atoms. The van der Waals surface area contributed by atoms with Gasteiger partial charge in [-0.1, -0.05) is 0 Å². The second kappa shape index (κ2) is 6.49. The lowest BCUT2D eigenvalue weighted by molar-refractivity contribution is 0.596. The Kier molecular flexibility index (Phi) is 5.55. The molecule has 1 aromatic carbocycles. The fourth-order valence-corrected chi connectivity index (χ4v) is 3.11. The van der Waals surface area contributed by atoms with Crippen molar-refractivity contribution < 1.29 is 12.8 Å². The van der Waals surface area contributed by atoms with Crippen molar-refractivity contribution in [2.45, 2.75) is 19.8 Å². The fourth-order valence-electron chi connectivity index (χ4n) is 1.41. The third kappa shape index (κ3) is 4.55. The molecular weight excluding hydrogens is 323 g/mol. The second-order valence-corrected chi connectivity index (χ2v) is 6.69. The molecule has 0 heterocycles. The highest BCUT2D eigenvalue weighted by Gasteiger charge is 2.13. The van der Waals surface area contributed by atoms with Gasteiger partial charge in [0.1, 0.15) is 5.82 Å². The van der Waals surface area contributed by atoms with Crippen molar-refractivity contribution in [3.05, 3.63) is 28.0 Å². The minimum absolute atomic E-state index is 0.0126. The third-order valence-electron chi connectivity index (χ3n) is 2.40. The van der Waals surface area contributed by atoms with Gasteiger partial charge in [0, 0.05) is 0 Å². The summed E-state index contributed by atoms with van der Waals surface area (Å²) in [6.07, 6.45) is 1.14. The first-order valence-electron chi connectivity index (χ1n) is 5.52. The van der Waals surface area contributed by atoms with Gasteiger partial charge in [-0.3, -0.25) is 4.72 Å². The number of benzene rings is 1. The molecule has 0 saturated heterocycles. The van der Waals surface area contributed by atoms with E-state index in [2.05, 4.69) is 20.7 Å². The molecule has 0 aliphatic heterocycles. The van der Waals surface area contributed by atoms with Crippen LogP contribution in [0, 0.1) is 12.7 Å². The van der Waals surface area contributed by atoms with Gasteiger partial charge in [0.25, 0.3) is 0 Å². The number of unbranched alkanes of at least 4 members (excludes halogenated alkanes) is 1. The maximum absolute atomic E-state index is 13.3. The van der Waals surface area contributed by atoms with Crippen LogP contribution in [0.25, 0.3) is 0 Å². The van der Waals surface area contributed by atoms with Crippen LogP contribution in [0.2, 0.25) is 0 Å². The second-order valence-electron chi connectivity index (χ2n) is 4.00.